The van der Waals surface area contributed by atoms with E-state index in [1.165, 1.54) is 16.7 Å². The minimum absolute atomic E-state index is 0.746. The highest BCUT2D eigenvalue weighted by molar-refractivity contribution is 5.89. The van der Waals surface area contributed by atoms with Gasteiger partial charge < -0.3 is 0 Å². The summed E-state index contributed by atoms with van der Waals surface area (Å²) in [7, 11) is 0. The fourth-order valence-electron chi connectivity index (χ4n) is 2.25. The molecule has 1 nitrogen and oxygen atoms in total. The first-order chi connectivity index (χ1) is 8.90. The first-order valence-electron chi connectivity index (χ1n) is 6.14. The third-order valence-electron chi connectivity index (χ3n) is 3.21. The number of hydrogen-bond acceptors (Lipinski definition) is 0. The van der Waals surface area contributed by atoms with E-state index in [0.717, 1.165) is 24.1 Å². The van der Waals surface area contributed by atoms with E-state index in [2.05, 4.69) is 35.2 Å². The van der Waals surface area contributed by atoms with Crippen molar-refractivity contribution in [2.75, 3.05) is 0 Å². The van der Waals surface area contributed by atoms with Crippen LogP contribution in [-0.4, -0.2) is 0 Å². The predicted octanol–water partition coefficient (Wildman–Crippen LogP) is 4.83. The van der Waals surface area contributed by atoms with Gasteiger partial charge in [-0.25, -0.2) is 4.85 Å². The average Bonchev–Trinajstić information content (AvgIpc) is 3.26. The van der Waals surface area contributed by atoms with E-state index in [9.17, 15) is 0 Å². The molecule has 1 fully saturated rings. The molecule has 0 radical (unpaired) electrons. The van der Waals surface area contributed by atoms with Crippen molar-refractivity contribution in [1.29, 1.82) is 0 Å². The van der Waals surface area contributed by atoms with Gasteiger partial charge >= 0.3 is 0 Å². The molecule has 1 aliphatic rings. The Morgan fingerprint density at radius 1 is 0.889 bits per heavy atom. The van der Waals surface area contributed by atoms with Gasteiger partial charge in [0.05, 0.1) is 6.57 Å². The third kappa shape index (κ3) is 1.94. The van der Waals surface area contributed by atoms with Crippen molar-refractivity contribution >= 4 is 11.3 Å². The molecule has 0 aromatic heterocycles. The van der Waals surface area contributed by atoms with Crippen LogP contribution in [0, 0.1) is 6.57 Å². The molecule has 1 aliphatic carbocycles. The van der Waals surface area contributed by atoms with Gasteiger partial charge in [-0.05, 0) is 29.5 Å². The van der Waals surface area contributed by atoms with Crippen molar-refractivity contribution in [2.24, 2.45) is 0 Å². The number of allylic oxidation sites excluding steroid dienone is 1. The molecule has 0 heterocycles. The predicted molar refractivity (Wildman–Crippen MR) is 74.4 cm³/mol. The van der Waals surface area contributed by atoms with Crippen molar-refractivity contribution in [2.45, 2.75) is 12.8 Å². The van der Waals surface area contributed by atoms with E-state index in [4.69, 9.17) is 6.57 Å². The van der Waals surface area contributed by atoms with E-state index in [0.29, 0.717) is 0 Å². The quantitative estimate of drug-likeness (QED) is 0.652. The largest absolute Gasteiger partial charge is 0.238 e. The molecule has 0 N–H and O–H groups in total. The Morgan fingerprint density at radius 3 is 2.22 bits per heavy atom. The molecule has 3 rings (SSSR count). The molecule has 1 heteroatoms. The monoisotopic (exact) mass is 231 g/mol. The lowest BCUT2D eigenvalue weighted by molar-refractivity contribution is 1.50. The van der Waals surface area contributed by atoms with Gasteiger partial charge in [0.15, 0.2) is 5.69 Å². The van der Waals surface area contributed by atoms with Crippen LogP contribution in [-0.2, 0) is 0 Å². The molecule has 0 unspecified atom stereocenters. The van der Waals surface area contributed by atoms with Crippen LogP contribution >= 0.6 is 0 Å². The molecule has 0 atom stereocenters. The molecule has 0 spiro atoms. The molecule has 18 heavy (non-hydrogen) atoms. The summed E-state index contributed by atoms with van der Waals surface area (Å²) in [5.74, 6) is 0. The van der Waals surface area contributed by atoms with Crippen molar-refractivity contribution in [3.05, 3.63) is 82.7 Å². The van der Waals surface area contributed by atoms with Gasteiger partial charge in [0, 0.05) is 0 Å². The second-order valence-corrected chi connectivity index (χ2v) is 4.47. The van der Waals surface area contributed by atoms with E-state index in [-0.39, 0.29) is 0 Å². The lowest BCUT2D eigenvalue weighted by Crippen LogP contribution is -1.88. The van der Waals surface area contributed by atoms with Crippen LogP contribution in [0.1, 0.15) is 24.0 Å². The second kappa shape index (κ2) is 4.50. The van der Waals surface area contributed by atoms with Gasteiger partial charge in [-0.3, -0.25) is 0 Å². The molecule has 0 bridgehead atoms. The molecular weight excluding hydrogens is 218 g/mol. The maximum absolute atomic E-state index is 7.30. The van der Waals surface area contributed by atoms with Crippen LogP contribution < -0.4 is 0 Å². The molecule has 1 saturated carbocycles. The molecule has 2 aromatic rings. The highest BCUT2D eigenvalue weighted by Crippen LogP contribution is 2.42. The summed E-state index contributed by atoms with van der Waals surface area (Å²) in [5.41, 5.74) is 5.78. The van der Waals surface area contributed by atoms with E-state index < -0.39 is 0 Å². The summed E-state index contributed by atoms with van der Waals surface area (Å²) in [6.07, 6.45) is 2.33. The molecular formula is C17H13N. The first kappa shape index (κ1) is 10.8. The molecule has 86 valence electrons. The lowest BCUT2D eigenvalue weighted by Gasteiger charge is -2.10. The minimum Gasteiger partial charge on any atom is -0.238 e. The summed E-state index contributed by atoms with van der Waals surface area (Å²) in [5, 5.41) is 0. The Hall–Kier alpha value is -2.33. The fourth-order valence-corrected chi connectivity index (χ4v) is 2.25. The van der Waals surface area contributed by atoms with Crippen LogP contribution in [0.25, 0.3) is 10.4 Å². The highest BCUT2D eigenvalue weighted by atomic mass is 14.6. The number of nitrogens with zero attached hydrogens (tertiary/aromatic N) is 1. The molecule has 2 aromatic carbocycles. The van der Waals surface area contributed by atoms with E-state index in [1.54, 1.807) is 0 Å². The van der Waals surface area contributed by atoms with Gasteiger partial charge in [0.25, 0.3) is 0 Å². The summed E-state index contributed by atoms with van der Waals surface area (Å²) in [6.45, 7) is 7.30. The Morgan fingerprint density at radius 2 is 1.56 bits per heavy atom. The Kier molecular flexibility index (Phi) is 2.70. The molecule has 0 saturated heterocycles. The highest BCUT2D eigenvalue weighted by Gasteiger charge is 2.21. The van der Waals surface area contributed by atoms with Crippen molar-refractivity contribution in [3.8, 4) is 0 Å². The smallest absolute Gasteiger partial charge is 0.194 e. The number of rotatable bonds is 2. The van der Waals surface area contributed by atoms with Crippen molar-refractivity contribution in [3.63, 3.8) is 0 Å². The van der Waals surface area contributed by atoms with Gasteiger partial charge in [0.2, 0.25) is 0 Å². The maximum Gasteiger partial charge on any atom is 0.194 e. The second-order valence-electron chi connectivity index (χ2n) is 4.47. The normalized spacial score (nSPS) is 12.9. The molecule has 0 aliphatic heterocycles. The van der Waals surface area contributed by atoms with Crippen molar-refractivity contribution < 1.29 is 0 Å². The van der Waals surface area contributed by atoms with Crippen LogP contribution in [0.15, 0.2) is 60.2 Å². The zero-order valence-corrected chi connectivity index (χ0v) is 10.1. The fraction of sp³-hybridized carbons (Fsp3) is 0.118. The summed E-state index contributed by atoms with van der Waals surface area (Å²) < 4.78 is 0. The van der Waals surface area contributed by atoms with Gasteiger partial charge in [0.1, 0.15) is 0 Å². The standard InChI is InChI=1S/C17H13N/c1-18-16-10-6-5-9-15(16)17(14-11-12-14)13-7-3-2-4-8-13/h2-10H,11-12H2. The minimum atomic E-state index is 0.746. The summed E-state index contributed by atoms with van der Waals surface area (Å²) in [4.78, 5) is 3.64. The van der Waals surface area contributed by atoms with E-state index in [1.807, 2.05) is 24.3 Å². The van der Waals surface area contributed by atoms with Crippen LogP contribution in [0.3, 0.4) is 0 Å². The average molecular weight is 231 g/mol. The molecule has 0 amide bonds. The SMILES string of the molecule is [C-]#[N+]c1ccccc1C(=C1CC1)c1ccccc1. The van der Waals surface area contributed by atoms with Crippen molar-refractivity contribution in [1.82, 2.24) is 0 Å². The van der Waals surface area contributed by atoms with Crippen LogP contribution in [0.5, 0.6) is 0 Å². The topological polar surface area (TPSA) is 4.36 Å². The number of benzene rings is 2. The van der Waals surface area contributed by atoms with Gasteiger partial charge in [-0.15, -0.1) is 0 Å². The zero-order chi connectivity index (χ0) is 12.4. The van der Waals surface area contributed by atoms with E-state index >= 15 is 0 Å². The Bertz CT molecular complexity index is 639. The van der Waals surface area contributed by atoms with Crippen LogP contribution in [0.2, 0.25) is 0 Å². The zero-order valence-electron chi connectivity index (χ0n) is 10.1. The first-order valence-corrected chi connectivity index (χ1v) is 6.14. The number of hydrogen-bond donors (Lipinski definition) is 0. The van der Waals surface area contributed by atoms with Gasteiger partial charge in [-0.2, -0.15) is 0 Å². The lowest BCUT2D eigenvalue weighted by atomic mass is 9.95. The Labute approximate surface area is 107 Å². The van der Waals surface area contributed by atoms with Crippen LogP contribution in [0.4, 0.5) is 5.69 Å². The summed E-state index contributed by atoms with van der Waals surface area (Å²) >= 11 is 0. The third-order valence-corrected chi connectivity index (χ3v) is 3.21. The summed E-state index contributed by atoms with van der Waals surface area (Å²) in [6, 6.07) is 18.3. The maximum atomic E-state index is 7.30. The van der Waals surface area contributed by atoms with Gasteiger partial charge in [-0.1, -0.05) is 60.2 Å². The Balaban J connectivity index is 2.19. The number of para-hydroxylation sites is 1.